The molecule has 0 spiro atoms. The number of nitro benzene ring substituents is 4. The van der Waals surface area contributed by atoms with Gasteiger partial charge in [0.25, 0.3) is 22.7 Å². The van der Waals surface area contributed by atoms with Crippen LogP contribution in [-0.2, 0) is 4.79 Å². The van der Waals surface area contributed by atoms with Crippen LogP contribution in [0.3, 0.4) is 0 Å². The zero-order valence-electron chi connectivity index (χ0n) is 45.9. The minimum Gasteiger partial charge on any atom is -0.399 e. The Bertz CT molecular complexity index is 4270. The number of anilines is 3. The van der Waals surface area contributed by atoms with Crippen molar-refractivity contribution in [3.05, 3.63) is 270 Å². The Hall–Kier alpha value is -12.3. The number of benzene rings is 7. The topological polar surface area (TPSA) is 412 Å². The minimum atomic E-state index is -1.13. The molecule has 6 N–H and O–H groups in total. The van der Waals surface area contributed by atoms with E-state index in [1.54, 1.807) is 82.3 Å². The number of hydrogen-bond donors (Lipinski definition) is 3. The van der Waals surface area contributed by atoms with E-state index >= 15 is 0 Å². The molecule has 432 valence electrons. The molecule has 0 unspecified atom stereocenters. The fourth-order valence-electron chi connectivity index (χ4n) is 9.06. The van der Waals surface area contributed by atoms with Gasteiger partial charge < -0.3 is 17.2 Å². The van der Waals surface area contributed by atoms with Crippen LogP contribution in [-0.4, -0.2) is 53.2 Å². The number of aromatic nitrogens is 6. The van der Waals surface area contributed by atoms with Gasteiger partial charge in [-0.2, -0.15) is 4.99 Å². The highest BCUT2D eigenvalue weighted by atomic mass is 16.6. The monoisotopic (exact) mass is 1160 g/mol. The molecule has 0 aliphatic heterocycles. The van der Waals surface area contributed by atoms with Gasteiger partial charge in [-0.05, 0) is 166 Å². The van der Waals surface area contributed by atoms with Gasteiger partial charge in [0, 0.05) is 65.6 Å². The van der Waals surface area contributed by atoms with Gasteiger partial charge in [0.2, 0.25) is 6.08 Å². The lowest BCUT2D eigenvalue weighted by atomic mass is 10.1. The van der Waals surface area contributed by atoms with E-state index in [0.717, 1.165) is 50.1 Å². The number of aliphatic imine (C=N–C) groups is 1. The van der Waals surface area contributed by atoms with Gasteiger partial charge in [-0.1, -0.05) is 0 Å². The SMILES string of the molecule is Cc1cc(N)ccc1-n1c(=O)n(-c2ccc(N)cc2C)c(=O)n(-c2ccc(N)cc2C)c1=O.Cc1cc([N+](=O)[O-])ccc1-n1c(=O)n(-c2ccc([N+](=O)[O-])cc2C)c(=O)n(-c2ccc([N+](=O)[O-])cc2C)c1=O.Cc1cc([N+](=O)[O-])ccc1N=C=O. The van der Waals surface area contributed by atoms with Gasteiger partial charge in [0.1, 0.15) is 0 Å². The van der Waals surface area contributed by atoms with E-state index in [9.17, 15) is 74.0 Å². The summed E-state index contributed by atoms with van der Waals surface area (Å²) in [6.45, 7) is 11.1. The minimum absolute atomic E-state index is 0.0117. The molecule has 0 saturated carbocycles. The largest absolute Gasteiger partial charge is 0.399 e. The van der Waals surface area contributed by atoms with Gasteiger partial charge in [-0.3, -0.25) is 40.5 Å². The van der Waals surface area contributed by atoms with Gasteiger partial charge in [-0.15, -0.1) is 0 Å². The number of nitrogen functional groups attached to an aromatic ring is 3. The first-order chi connectivity index (χ1) is 40.1. The molecule has 0 atom stereocenters. The number of carbonyl (C=O) groups excluding carboxylic acids is 1. The van der Waals surface area contributed by atoms with Crippen molar-refractivity contribution in [2.45, 2.75) is 48.5 Å². The molecule has 0 aliphatic carbocycles. The van der Waals surface area contributed by atoms with Gasteiger partial charge in [-0.25, -0.2) is 61.0 Å². The third kappa shape index (κ3) is 12.1. The van der Waals surface area contributed by atoms with E-state index in [-0.39, 0.29) is 56.5 Å². The number of aryl methyl sites for hydroxylation is 7. The lowest BCUT2D eigenvalue weighted by molar-refractivity contribution is -0.385. The molecule has 0 aliphatic rings. The highest BCUT2D eigenvalue weighted by Crippen LogP contribution is 2.26. The second-order valence-corrected chi connectivity index (χ2v) is 19.0. The van der Waals surface area contributed by atoms with Crippen LogP contribution < -0.4 is 51.3 Å². The highest BCUT2D eigenvalue weighted by molar-refractivity contribution is 5.58. The summed E-state index contributed by atoms with van der Waals surface area (Å²) in [7, 11) is 0. The number of hydrogen-bond acceptors (Lipinski definition) is 19. The third-order valence-electron chi connectivity index (χ3n) is 13.1. The first-order valence-corrected chi connectivity index (χ1v) is 24.8. The van der Waals surface area contributed by atoms with E-state index in [1.165, 1.54) is 63.2 Å². The molecule has 7 aromatic carbocycles. The summed E-state index contributed by atoms with van der Waals surface area (Å²) < 4.78 is 4.85. The summed E-state index contributed by atoms with van der Waals surface area (Å²) in [6, 6.07) is 28.8. The van der Waals surface area contributed by atoms with E-state index < -0.39 is 53.8 Å². The van der Waals surface area contributed by atoms with Crippen LogP contribution in [0.4, 0.5) is 45.5 Å². The molecule has 2 heterocycles. The second-order valence-electron chi connectivity index (χ2n) is 19.0. The normalized spacial score (nSPS) is 10.6. The first-order valence-electron chi connectivity index (χ1n) is 24.8. The maximum Gasteiger partial charge on any atom is 0.345 e. The maximum absolute atomic E-state index is 13.7. The van der Waals surface area contributed by atoms with Crippen LogP contribution in [0.25, 0.3) is 34.1 Å². The summed E-state index contributed by atoms with van der Waals surface area (Å²) in [6.07, 6.45) is 1.38. The smallest absolute Gasteiger partial charge is 0.345 e. The highest BCUT2D eigenvalue weighted by Gasteiger charge is 2.26. The standard InChI is InChI=1S/C24H18N6O9.C24H24N6O3.C8H6N2O3/c1-13-10-16(28(34)35)4-7-19(13)25-22(31)26(20-8-5-17(29(36)37)11-14(20)2)24(33)27(23(25)32)21-9-6-18(30(38)39)12-15(21)3;1-13-10-16(25)4-7-19(13)28-22(31)29(20-8-5-17(26)11-14(20)2)24(33)30(23(28)32)21-9-6-18(27)12-15(21)3;1-6-4-7(10(12)13)2-3-8(6)9-5-11/h4-12H,1-3H3;4-12H,25-27H2,1-3H3;2-4H,1H3. The van der Waals surface area contributed by atoms with Gasteiger partial charge in [0.15, 0.2) is 0 Å². The van der Waals surface area contributed by atoms with Crippen molar-refractivity contribution in [1.29, 1.82) is 0 Å². The average molecular weight is 1160 g/mol. The van der Waals surface area contributed by atoms with Crippen LogP contribution in [0.15, 0.2) is 161 Å². The Balaban J connectivity index is 0.000000203. The average Bonchev–Trinajstić information content (AvgIpc) is 1.13. The molecule has 0 fully saturated rings. The van der Waals surface area contributed by atoms with Crippen LogP contribution in [0.2, 0.25) is 0 Å². The van der Waals surface area contributed by atoms with Gasteiger partial charge >= 0.3 is 34.1 Å². The molecule has 9 aromatic rings. The van der Waals surface area contributed by atoms with Crippen molar-refractivity contribution in [3.63, 3.8) is 0 Å². The Morgan fingerprint density at radius 2 is 0.529 bits per heavy atom. The van der Waals surface area contributed by atoms with E-state index in [2.05, 4.69) is 4.99 Å². The molecule has 9 rings (SSSR count). The second kappa shape index (κ2) is 24.2. The number of rotatable bonds is 11. The number of isocyanates is 1. The molecule has 0 amide bonds. The summed E-state index contributed by atoms with van der Waals surface area (Å²) in [5.74, 6) is 0. The fraction of sp³-hybridized carbons (Fsp3) is 0.125. The summed E-state index contributed by atoms with van der Waals surface area (Å²) in [4.78, 5) is 137. The molecule has 2 aromatic heterocycles. The lowest BCUT2D eigenvalue weighted by Gasteiger charge is -2.18. The molecule has 85 heavy (non-hydrogen) atoms. The van der Waals surface area contributed by atoms with Crippen molar-refractivity contribution in [2.75, 3.05) is 17.2 Å². The van der Waals surface area contributed by atoms with Crippen LogP contribution >= 0.6 is 0 Å². The predicted octanol–water partition coefficient (Wildman–Crippen LogP) is 6.47. The zero-order chi connectivity index (χ0) is 62.6. The van der Waals surface area contributed by atoms with E-state index in [1.807, 2.05) is 0 Å². The summed E-state index contributed by atoms with van der Waals surface area (Å²) in [5, 5.41) is 44.0. The number of nitro groups is 4. The molecule has 29 nitrogen and oxygen atoms in total. The summed E-state index contributed by atoms with van der Waals surface area (Å²) >= 11 is 0. The lowest BCUT2D eigenvalue weighted by Crippen LogP contribution is -2.53. The van der Waals surface area contributed by atoms with Crippen molar-refractivity contribution in [2.24, 2.45) is 4.99 Å². The predicted molar refractivity (Wildman–Crippen MR) is 314 cm³/mol. The Kier molecular flexibility index (Phi) is 17.2. The van der Waals surface area contributed by atoms with E-state index in [4.69, 9.17) is 17.2 Å². The molecular weight excluding hydrogens is 1110 g/mol. The maximum atomic E-state index is 13.7. The summed E-state index contributed by atoms with van der Waals surface area (Å²) in [5.41, 5.74) is 16.5. The molecule has 0 bridgehead atoms. The van der Waals surface area contributed by atoms with Crippen molar-refractivity contribution in [1.82, 2.24) is 27.4 Å². The van der Waals surface area contributed by atoms with Crippen LogP contribution in [0.1, 0.15) is 38.9 Å². The molecule has 0 radical (unpaired) electrons. The Morgan fingerprint density at radius 1 is 0.329 bits per heavy atom. The van der Waals surface area contributed by atoms with E-state index in [0.29, 0.717) is 75.8 Å². The Labute approximate surface area is 476 Å². The van der Waals surface area contributed by atoms with Crippen LogP contribution in [0, 0.1) is 88.9 Å². The number of nitrogens with two attached hydrogens (primary N) is 3. The Morgan fingerprint density at radius 3 is 0.718 bits per heavy atom. The first kappa shape index (κ1) is 60.4. The molecule has 0 saturated heterocycles. The zero-order valence-corrected chi connectivity index (χ0v) is 45.9. The third-order valence-corrected chi connectivity index (χ3v) is 13.1. The molecule has 29 heteroatoms. The fourth-order valence-corrected chi connectivity index (χ4v) is 9.06. The van der Waals surface area contributed by atoms with Crippen molar-refractivity contribution in [3.8, 4) is 34.1 Å². The van der Waals surface area contributed by atoms with Crippen LogP contribution in [0.5, 0.6) is 0 Å². The quantitative estimate of drug-likeness (QED) is 0.0410. The van der Waals surface area contributed by atoms with Gasteiger partial charge in [0.05, 0.1) is 59.5 Å². The van der Waals surface area contributed by atoms with Crippen molar-refractivity contribution < 1.29 is 24.5 Å². The number of non-ortho nitro benzene ring substituents is 4. The number of nitrogens with zero attached hydrogens (tertiary/aromatic N) is 11. The molecular formula is C56H48N14O15. The van der Waals surface area contributed by atoms with Crippen molar-refractivity contribution >= 4 is 51.6 Å².